The average molecular weight is 408 g/mol. The maximum Gasteiger partial charge on any atom is 0.227 e. The second-order valence-electron chi connectivity index (χ2n) is 8.96. The minimum absolute atomic E-state index is 0.186. The summed E-state index contributed by atoms with van der Waals surface area (Å²) in [5, 5.41) is 0. The predicted molar refractivity (Wildman–Crippen MR) is 123 cm³/mol. The van der Waals surface area contributed by atoms with Gasteiger partial charge in [0.25, 0.3) is 0 Å². The number of carbonyl (C=O) groups excluding carboxylic acids is 1. The number of hydrogen-bond donors (Lipinski definition) is 0. The molecule has 0 saturated heterocycles. The highest BCUT2D eigenvalue weighted by molar-refractivity contribution is 7.99. The number of amides is 1. The molecule has 3 rings (SSSR count). The first kappa shape index (κ1) is 21.7. The van der Waals surface area contributed by atoms with Crippen LogP contribution < -0.4 is 0 Å². The van der Waals surface area contributed by atoms with Crippen molar-refractivity contribution >= 4 is 17.7 Å². The van der Waals surface area contributed by atoms with E-state index >= 15 is 0 Å². The number of nitrogens with zero attached hydrogens (tertiary/aromatic N) is 1. The van der Waals surface area contributed by atoms with E-state index in [1.807, 2.05) is 6.07 Å². The first-order chi connectivity index (χ1) is 13.8. The molecule has 1 aliphatic rings. The maximum atomic E-state index is 13.4. The molecule has 1 amide bonds. The fourth-order valence-corrected chi connectivity index (χ4v) is 4.64. The van der Waals surface area contributed by atoms with E-state index in [0.717, 1.165) is 29.8 Å². The summed E-state index contributed by atoms with van der Waals surface area (Å²) in [6.07, 6.45) is 7.58. The first-order valence-corrected chi connectivity index (χ1v) is 11.5. The molecule has 154 valence electrons. The van der Waals surface area contributed by atoms with Gasteiger partial charge >= 0.3 is 0 Å². The summed E-state index contributed by atoms with van der Waals surface area (Å²) in [6.45, 7) is 9.28. The number of benzene rings is 2. The van der Waals surface area contributed by atoms with E-state index in [9.17, 15) is 4.79 Å². The molecule has 0 N–H and O–H groups in total. The first-order valence-electron chi connectivity index (χ1n) is 10.6. The normalized spacial score (nSPS) is 14.4. The van der Waals surface area contributed by atoms with Crippen molar-refractivity contribution in [2.24, 2.45) is 0 Å². The number of rotatable bonds is 6. The topological polar surface area (TPSA) is 20.3 Å². The zero-order valence-electron chi connectivity index (χ0n) is 18.2. The summed E-state index contributed by atoms with van der Waals surface area (Å²) < 4.78 is 0. The van der Waals surface area contributed by atoms with Gasteiger partial charge in [-0.25, -0.2) is 0 Å². The van der Waals surface area contributed by atoms with Crippen LogP contribution in [0.3, 0.4) is 0 Å². The van der Waals surface area contributed by atoms with Crippen LogP contribution >= 0.6 is 11.8 Å². The molecule has 29 heavy (non-hydrogen) atoms. The average Bonchev–Trinajstić information content (AvgIpc) is 2.69. The summed E-state index contributed by atoms with van der Waals surface area (Å²) in [5.74, 6) is 0.209. The summed E-state index contributed by atoms with van der Waals surface area (Å²) in [5.41, 5.74) is 3.60. The summed E-state index contributed by atoms with van der Waals surface area (Å²) in [7, 11) is 0. The second kappa shape index (κ2) is 9.67. The largest absolute Gasteiger partial charge is 0.334 e. The van der Waals surface area contributed by atoms with Crippen LogP contribution in [0.1, 0.15) is 57.6 Å². The molecule has 0 spiro atoms. The van der Waals surface area contributed by atoms with Crippen LogP contribution in [0.4, 0.5) is 0 Å². The number of carbonyl (C=O) groups is 1. The van der Waals surface area contributed by atoms with Crippen LogP contribution in [0.5, 0.6) is 0 Å². The Morgan fingerprint density at radius 1 is 1.03 bits per heavy atom. The molecule has 0 bridgehead atoms. The molecule has 0 heterocycles. The summed E-state index contributed by atoms with van der Waals surface area (Å²) >= 11 is 1.74. The lowest BCUT2D eigenvalue weighted by Gasteiger charge is -2.37. The molecular weight excluding hydrogens is 374 g/mol. The Labute approximate surface area is 180 Å². The SMILES string of the molecule is Cc1ccc(Sc2ccccc2CC(=O)N(CC2=CCCCC2)C(C)(C)C)cc1. The third-order valence-corrected chi connectivity index (χ3v) is 6.55. The smallest absolute Gasteiger partial charge is 0.227 e. The lowest BCUT2D eigenvalue weighted by molar-refractivity contribution is -0.134. The van der Waals surface area contributed by atoms with Crippen LogP contribution in [-0.4, -0.2) is 22.9 Å². The minimum atomic E-state index is -0.186. The molecule has 0 radical (unpaired) electrons. The maximum absolute atomic E-state index is 13.4. The number of allylic oxidation sites excluding steroid dienone is 1. The number of aryl methyl sites for hydroxylation is 1. The van der Waals surface area contributed by atoms with Gasteiger partial charge in [-0.05, 0) is 77.1 Å². The minimum Gasteiger partial charge on any atom is -0.334 e. The third-order valence-electron chi connectivity index (χ3n) is 5.42. The van der Waals surface area contributed by atoms with Crippen molar-refractivity contribution in [3.05, 3.63) is 71.3 Å². The van der Waals surface area contributed by atoms with Crippen LogP contribution in [0.15, 0.2) is 70.0 Å². The Kier molecular flexibility index (Phi) is 7.23. The predicted octanol–water partition coefficient (Wildman–Crippen LogP) is 6.82. The van der Waals surface area contributed by atoms with Gasteiger partial charge in [0.05, 0.1) is 6.42 Å². The van der Waals surface area contributed by atoms with Crippen molar-refractivity contribution in [1.82, 2.24) is 4.90 Å². The fraction of sp³-hybridized carbons (Fsp3) is 0.423. The molecule has 2 aromatic carbocycles. The highest BCUT2D eigenvalue weighted by Gasteiger charge is 2.27. The van der Waals surface area contributed by atoms with Crippen LogP contribution in [-0.2, 0) is 11.2 Å². The molecule has 0 aromatic heterocycles. The van der Waals surface area contributed by atoms with Crippen LogP contribution in [0, 0.1) is 6.92 Å². The fourth-order valence-electron chi connectivity index (χ4n) is 3.69. The molecule has 3 heteroatoms. The van der Waals surface area contributed by atoms with Gasteiger partial charge < -0.3 is 4.90 Å². The Morgan fingerprint density at radius 3 is 2.41 bits per heavy atom. The van der Waals surface area contributed by atoms with Gasteiger partial charge in [0.15, 0.2) is 0 Å². The molecule has 0 saturated carbocycles. The van der Waals surface area contributed by atoms with Crippen molar-refractivity contribution in [3.63, 3.8) is 0 Å². The van der Waals surface area contributed by atoms with E-state index in [4.69, 9.17) is 0 Å². The lowest BCUT2D eigenvalue weighted by atomic mass is 9.96. The van der Waals surface area contributed by atoms with E-state index < -0.39 is 0 Å². The van der Waals surface area contributed by atoms with E-state index in [1.165, 1.54) is 28.9 Å². The lowest BCUT2D eigenvalue weighted by Crippen LogP contribution is -2.47. The van der Waals surface area contributed by atoms with Crippen LogP contribution in [0.2, 0.25) is 0 Å². The molecule has 0 unspecified atom stereocenters. The van der Waals surface area contributed by atoms with E-state index in [0.29, 0.717) is 6.42 Å². The quantitative estimate of drug-likeness (QED) is 0.490. The van der Waals surface area contributed by atoms with Gasteiger partial charge in [-0.1, -0.05) is 59.3 Å². The molecule has 0 atom stereocenters. The van der Waals surface area contributed by atoms with Gasteiger partial charge in [-0.3, -0.25) is 4.79 Å². The zero-order valence-corrected chi connectivity index (χ0v) is 19.0. The van der Waals surface area contributed by atoms with Gasteiger partial charge in [0.1, 0.15) is 0 Å². The van der Waals surface area contributed by atoms with E-state index in [-0.39, 0.29) is 11.4 Å². The highest BCUT2D eigenvalue weighted by atomic mass is 32.2. The Bertz CT molecular complexity index is 861. The van der Waals surface area contributed by atoms with Gasteiger partial charge in [0.2, 0.25) is 5.91 Å². The molecule has 2 nitrogen and oxygen atoms in total. The van der Waals surface area contributed by atoms with Gasteiger partial charge in [0, 0.05) is 21.9 Å². The van der Waals surface area contributed by atoms with Crippen molar-refractivity contribution in [1.29, 1.82) is 0 Å². The molecule has 2 aromatic rings. The molecular formula is C26H33NOS. The number of hydrogen-bond acceptors (Lipinski definition) is 2. The summed E-state index contributed by atoms with van der Waals surface area (Å²) in [4.78, 5) is 17.8. The van der Waals surface area contributed by atoms with Crippen molar-refractivity contribution in [3.8, 4) is 0 Å². The monoisotopic (exact) mass is 407 g/mol. The molecule has 0 fully saturated rings. The van der Waals surface area contributed by atoms with Crippen molar-refractivity contribution in [2.75, 3.05) is 6.54 Å². The van der Waals surface area contributed by atoms with Crippen molar-refractivity contribution < 1.29 is 4.79 Å². The second-order valence-corrected chi connectivity index (χ2v) is 10.1. The van der Waals surface area contributed by atoms with E-state index in [2.05, 4.69) is 81.1 Å². The van der Waals surface area contributed by atoms with Gasteiger partial charge in [-0.2, -0.15) is 0 Å². The van der Waals surface area contributed by atoms with Crippen molar-refractivity contribution in [2.45, 2.75) is 75.1 Å². The third kappa shape index (κ3) is 6.24. The highest BCUT2D eigenvalue weighted by Crippen LogP contribution is 2.32. The summed E-state index contributed by atoms with van der Waals surface area (Å²) in [6, 6.07) is 16.9. The molecule has 1 aliphatic carbocycles. The Hall–Kier alpha value is -2.00. The Morgan fingerprint density at radius 2 is 1.76 bits per heavy atom. The molecule has 0 aliphatic heterocycles. The van der Waals surface area contributed by atoms with Crippen LogP contribution in [0.25, 0.3) is 0 Å². The Balaban J connectivity index is 1.77. The zero-order chi connectivity index (χ0) is 20.9. The van der Waals surface area contributed by atoms with Gasteiger partial charge in [-0.15, -0.1) is 0 Å². The standard InChI is InChI=1S/C26H33NOS/c1-20-14-16-23(17-15-20)29-24-13-9-8-12-22(24)18-25(28)27(26(2,3)4)19-21-10-6-5-7-11-21/h8-10,12-17H,5-7,11,18-19H2,1-4H3. The van der Waals surface area contributed by atoms with E-state index in [1.54, 1.807) is 11.8 Å².